The van der Waals surface area contributed by atoms with Crippen LogP contribution in [0.5, 0.6) is 0 Å². The highest BCUT2D eigenvalue weighted by Gasteiger charge is 2.17. The van der Waals surface area contributed by atoms with Crippen LogP contribution in [0.25, 0.3) is 0 Å². The smallest absolute Gasteiger partial charge is 0.306 e. The maximum atomic E-state index is 12.8. The van der Waals surface area contributed by atoms with Crippen LogP contribution in [0.4, 0.5) is 0 Å². The van der Waals surface area contributed by atoms with Gasteiger partial charge in [-0.2, -0.15) is 0 Å². The van der Waals surface area contributed by atoms with E-state index in [1.807, 2.05) is 0 Å². The fraction of sp³-hybridized carbons (Fsp3) is 0.849. The van der Waals surface area contributed by atoms with Gasteiger partial charge in [0.2, 0.25) is 0 Å². The summed E-state index contributed by atoms with van der Waals surface area (Å²) in [5.74, 6) is -0.395. The molecule has 0 fully saturated rings. The van der Waals surface area contributed by atoms with Crippen LogP contribution in [0.3, 0.4) is 0 Å². The van der Waals surface area contributed by atoms with Gasteiger partial charge in [0.1, 0.15) is 6.61 Å². The van der Waals surface area contributed by atoms with E-state index < -0.39 is 6.10 Å². The molecular formula is C53H98O5. The summed E-state index contributed by atoms with van der Waals surface area (Å²) >= 11 is 0. The second-order valence-electron chi connectivity index (χ2n) is 17.1. The maximum absolute atomic E-state index is 12.8. The summed E-state index contributed by atoms with van der Waals surface area (Å²) in [6.07, 6.45) is 58.6. The van der Waals surface area contributed by atoms with Crippen LogP contribution >= 0.6 is 0 Å². The molecule has 0 aromatic carbocycles. The molecule has 0 bridgehead atoms. The number of hydrogen-bond acceptors (Lipinski definition) is 5. The van der Waals surface area contributed by atoms with E-state index >= 15 is 0 Å². The molecular weight excluding hydrogens is 717 g/mol. The Bertz CT molecular complexity index is 924. The molecule has 58 heavy (non-hydrogen) atoms. The van der Waals surface area contributed by atoms with Gasteiger partial charge in [0, 0.05) is 19.4 Å². The number of esters is 2. The molecule has 0 heterocycles. The largest absolute Gasteiger partial charge is 0.462 e. The summed E-state index contributed by atoms with van der Waals surface area (Å²) in [5.41, 5.74) is 0. The summed E-state index contributed by atoms with van der Waals surface area (Å²) in [6, 6.07) is 0. The molecule has 0 aromatic heterocycles. The van der Waals surface area contributed by atoms with Gasteiger partial charge in [-0.25, -0.2) is 0 Å². The van der Waals surface area contributed by atoms with Crippen LogP contribution in [-0.4, -0.2) is 37.9 Å². The van der Waals surface area contributed by atoms with Crippen molar-refractivity contribution < 1.29 is 23.8 Å². The SMILES string of the molecule is CC/C=C\C/C=C\C/C=C\CCCCCCCCCC(=O)OCC(COCCCCCCCCCCCCCCCC)OC(=O)CCCCCCCCCCCCC. The zero-order valence-corrected chi connectivity index (χ0v) is 39.1. The van der Waals surface area contributed by atoms with Crippen LogP contribution in [-0.2, 0) is 23.8 Å². The third-order valence-corrected chi connectivity index (χ3v) is 11.2. The Morgan fingerprint density at radius 2 is 0.776 bits per heavy atom. The standard InChI is InChI=1S/C53H98O5/c1-4-7-10-13-16-19-22-24-26-27-28-29-32-34-37-40-43-46-52(54)57-50-51(58-53(55)47-44-41-38-35-31-21-18-15-12-9-6-3)49-56-48-45-42-39-36-33-30-25-23-20-17-14-11-8-5-2/h7,10,16,19,24,26,51H,4-6,8-9,11-15,17-18,20-23,25,27-50H2,1-3H3/b10-7-,19-16-,26-24-. The van der Waals surface area contributed by atoms with E-state index in [0.29, 0.717) is 26.1 Å². The van der Waals surface area contributed by atoms with E-state index in [0.717, 1.165) is 64.2 Å². The Kier molecular flexibility index (Phi) is 47.9. The Morgan fingerprint density at radius 1 is 0.397 bits per heavy atom. The molecule has 0 saturated carbocycles. The molecule has 1 unspecified atom stereocenters. The van der Waals surface area contributed by atoms with Crippen molar-refractivity contribution in [3.05, 3.63) is 36.5 Å². The lowest BCUT2D eigenvalue weighted by Gasteiger charge is -2.18. The monoisotopic (exact) mass is 815 g/mol. The van der Waals surface area contributed by atoms with Crippen molar-refractivity contribution in [1.29, 1.82) is 0 Å². The molecule has 0 aliphatic rings. The number of unbranched alkanes of at least 4 members (excludes halogenated alkanes) is 30. The number of allylic oxidation sites excluding steroid dienone is 6. The molecule has 0 spiro atoms. The molecule has 0 radical (unpaired) electrons. The molecule has 0 N–H and O–H groups in total. The van der Waals surface area contributed by atoms with E-state index in [-0.39, 0.29) is 18.5 Å². The first-order valence-corrected chi connectivity index (χ1v) is 25.5. The van der Waals surface area contributed by atoms with Crippen molar-refractivity contribution in [3.63, 3.8) is 0 Å². The number of ether oxygens (including phenoxy) is 3. The molecule has 0 aliphatic heterocycles. The van der Waals surface area contributed by atoms with Gasteiger partial charge >= 0.3 is 11.9 Å². The number of carbonyl (C=O) groups excluding carboxylic acids is 2. The van der Waals surface area contributed by atoms with E-state index in [1.54, 1.807) is 0 Å². The first-order valence-electron chi connectivity index (χ1n) is 25.5. The normalized spacial score (nSPS) is 12.4. The molecule has 0 amide bonds. The minimum atomic E-state index is -0.532. The van der Waals surface area contributed by atoms with Crippen molar-refractivity contribution in [3.8, 4) is 0 Å². The first kappa shape index (κ1) is 56.1. The summed E-state index contributed by atoms with van der Waals surface area (Å²) < 4.78 is 17.4. The third kappa shape index (κ3) is 46.8. The molecule has 1 atom stereocenters. The molecule has 340 valence electrons. The second kappa shape index (κ2) is 49.5. The average Bonchev–Trinajstić information content (AvgIpc) is 3.22. The van der Waals surface area contributed by atoms with Crippen molar-refractivity contribution in [1.82, 2.24) is 0 Å². The van der Waals surface area contributed by atoms with Crippen LogP contribution < -0.4 is 0 Å². The first-order chi connectivity index (χ1) is 28.6. The summed E-state index contributed by atoms with van der Waals surface area (Å²) in [5, 5.41) is 0. The highest BCUT2D eigenvalue weighted by molar-refractivity contribution is 5.70. The number of rotatable bonds is 47. The van der Waals surface area contributed by atoms with Gasteiger partial charge in [0.15, 0.2) is 6.10 Å². The fourth-order valence-corrected chi connectivity index (χ4v) is 7.41. The highest BCUT2D eigenvalue weighted by atomic mass is 16.6. The molecule has 0 aliphatic carbocycles. The lowest BCUT2D eigenvalue weighted by molar-refractivity contribution is -0.163. The van der Waals surface area contributed by atoms with Gasteiger partial charge in [0.05, 0.1) is 6.61 Å². The quantitative estimate of drug-likeness (QED) is 0.0348. The number of carbonyl (C=O) groups is 2. The Balaban J connectivity index is 4.21. The summed E-state index contributed by atoms with van der Waals surface area (Å²) in [6.45, 7) is 7.75. The molecule has 0 aromatic rings. The predicted octanol–water partition coefficient (Wildman–Crippen LogP) is 17.0. The van der Waals surface area contributed by atoms with Gasteiger partial charge in [-0.15, -0.1) is 0 Å². The Hall–Kier alpha value is -1.88. The van der Waals surface area contributed by atoms with Crippen molar-refractivity contribution in [2.24, 2.45) is 0 Å². The predicted molar refractivity (Wildman–Crippen MR) is 252 cm³/mol. The van der Waals surface area contributed by atoms with Gasteiger partial charge < -0.3 is 14.2 Å². The van der Waals surface area contributed by atoms with E-state index in [4.69, 9.17) is 14.2 Å². The van der Waals surface area contributed by atoms with Gasteiger partial charge in [0.25, 0.3) is 0 Å². The second-order valence-corrected chi connectivity index (χ2v) is 17.1. The fourth-order valence-electron chi connectivity index (χ4n) is 7.41. The van der Waals surface area contributed by atoms with Crippen molar-refractivity contribution >= 4 is 11.9 Å². The third-order valence-electron chi connectivity index (χ3n) is 11.2. The molecule has 5 heteroatoms. The van der Waals surface area contributed by atoms with Crippen molar-refractivity contribution in [2.45, 2.75) is 271 Å². The topological polar surface area (TPSA) is 61.8 Å². The molecule has 0 saturated heterocycles. The average molecular weight is 815 g/mol. The lowest BCUT2D eigenvalue weighted by Crippen LogP contribution is -2.30. The Labute approximate surface area is 361 Å². The van der Waals surface area contributed by atoms with Gasteiger partial charge in [-0.3, -0.25) is 9.59 Å². The van der Waals surface area contributed by atoms with Gasteiger partial charge in [-0.05, 0) is 51.4 Å². The van der Waals surface area contributed by atoms with Gasteiger partial charge in [-0.1, -0.05) is 237 Å². The zero-order valence-electron chi connectivity index (χ0n) is 39.1. The highest BCUT2D eigenvalue weighted by Crippen LogP contribution is 2.15. The maximum Gasteiger partial charge on any atom is 0.306 e. The molecule has 5 nitrogen and oxygen atoms in total. The lowest BCUT2D eigenvalue weighted by atomic mass is 10.0. The van der Waals surface area contributed by atoms with Crippen molar-refractivity contribution in [2.75, 3.05) is 19.8 Å². The summed E-state index contributed by atoms with van der Waals surface area (Å²) in [4.78, 5) is 25.3. The van der Waals surface area contributed by atoms with Crippen LogP contribution in [0.2, 0.25) is 0 Å². The Morgan fingerprint density at radius 3 is 1.24 bits per heavy atom. The minimum Gasteiger partial charge on any atom is -0.462 e. The summed E-state index contributed by atoms with van der Waals surface area (Å²) in [7, 11) is 0. The van der Waals surface area contributed by atoms with E-state index in [9.17, 15) is 9.59 Å². The zero-order chi connectivity index (χ0) is 42.1. The van der Waals surface area contributed by atoms with Crippen LogP contribution in [0.1, 0.15) is 265 Å². The minimum absolute atomic E-state index is 0.0859. The van der Waals surface area contributed by atoms with Crippen LogP contribution in [0.15, 0.2) is 36.5 Å². The van der Waals surface area contributed by atoms with Crippen LogP contribution in [0, 0.1) is 0 Å². The molecule has 0 rings (SSSR count). The van der Waals surface area contributed by atoms with E-state index in [1.165, 1.54) is 167 Å². The number of hydrogen-bond donors (Lipinski definition) is 0. The van der Waals surface area contributed by atoms with E-state index in [2.05, 4.69) is 57.2 Å².